The van der Waals surface area contributed by atoms with E-state index in [2.05, 4.69) is 191 Å². The Hall–Kier alpha value is -7.56. The fourth-order valence-electron chi connectivity index (χ4n) is 9.10. The van der Waals surface area contributed by atoms with Crippen LogP contribution in [0.3, 0.4) is 0 Å². The van der Waals surface area contributed by atoms with Crippen LogP contribution in [0.2, 0.25) is 0 Å². The molecule has 0 unspecified atom stereocenters. The van der Waals surface area contributed by atoms with Gasteiger partial charge in [-0.1, -0.05) is 158 Å². The molecule has 0 aliphatic carbocycles. The van der Waals surface area contributed by atoms with Crippen molar-refractivity contribution in [3.8, 4) is 33.9 Å². The highest BCUT2D eigenvalue weighted by Crippen LogP contribution is 2.44. The summed E-state index contributed by atoms with van der Waals surface area (Å²) >= 11 is 0. The summed E-state index contributed by atoms with van der Waals surface area (Å²) in [5, 5.41) is 9.47. The summed E-state index contributed by atoms with van der Waals surface area (Å²) in [7, 11) is 0. The van der Waals surface area contributed by atoms with E-state index in [1.807, 2.05) is 12.1 Å². The number of benzene rings is 9. The van der Waals surface area contributed by atoms with Crippen LogP contribution in [-0.2, 0) is 0 Å². The molecular weight excluding hydrogens is 681 g/mol. The van der Waals surface area contributed by atoms with E-state index in [9.17, 15) is 0 Å². The molecule has 0 aliphatic rings. The van der Waals surface area contributed by atoms with Gasteiger partial charge in [-0.05, 0) is 63.7 Å². The molecule has 260 valence electrons. The fourth-order valence-corrected chi connectivity index (χ4v) is 9.10. The smallest absolute Gasteiger partial charge is 0.165 e. The minimum absolute atomic E-state index is 0.803. The Balaban J connectivity index is 1.25. The van der Waals surface area contributed by atoms with E-state index < -0.39 is 0 Å². The second kappa shape index (κ2) is 12.0. The molecule has 0 amide bonds. The quantitative estimate of drug-likeness (QED) is 0.182. The Morgan fingerprint density at radius 3 is 1.66 bits per heavy atom. The van der Waals surface area contributed by atoms with Gasteiger partial charge in [0.15, 0.2) is 5.82 Å². The van der Waals surface area contributed by atoms with Crippen LogP contribution in [-0.4, -0.2) is 19.1 Å². The maximum atomic E-state index is 5.57. The highest BCUT2D eigenvalue weighted by atomic mass is 15.1. The highest BCUT2D eigenvalue weighted by molar-refractivity contribution is 6.22. The summed E-state index contributed by atoms with van der Waals surface area (Å²) in [6.07, 6.45) is 0. The van der Waals surface area contributed by atoms with Gasteiger partial charge < -0.3 is 4.57 Å². The van der Waals surface area contributed by atoms with Gasteiger partial charge in [-0.3, -0.25) is 4.57 Å². The van der Waals surface area contributed by atoms with Gasteiger partial charge in [-0.25, -0.2) is 9.97 Å². The molecule has 0 spiro atoms. The van der Waals surface area contributed by atoms with E-state index in [0.29, 0.717) is 0 Å². The molecule has 0 saturated heterocycles. The van der Waals surface area contributed by atoms with E-state index in [0.717, 1.165) is 50.2 Å². The number of hydrogen-bond acceptors (Lipinski definition) is 2. The molecule has 56 heavy (non-hydrogen) atoms. The number of rotatable bonds is 4. The lowest BCUT2D eigenvalue weighted by Gasteiger charge is -2.17. The summed E-state index contributed by atoms with van der Waals surface area (Å²) in [6.45, 7) is 0. The van der Waals surface area contributed by atoms with E-state index in [1.165, 1.54) is 59.9 Å². The predicted molar refractivity (Wildman–Crippen MR) is 234 cm³/mol. The van der Waals surface area contributed by atoms with Crippen molar-refractivity contribution in [2.75, 3.05) is 0 Å². The molecule has 3 heterocycles. The third-order valence-corrected chi connectivity index (χ3v) is 11.5. The fraction of sp³-hybridized carbons (Fsp3) is 0. The first kappa shape index (κ1) is 30.9. The van der Waals surface area contributed by atoms with Gasteiger partial charge in [0, 0.05) is 32.5 Å². The van der Waals surface area contributed by atoms with Gasteiger partial charge in [-0.15, -0.1) is 0 Å². The number of hydrogen-bond donors (Lipinski definition) is 0. The van der Waals surface area contributed by atoms with Crippen LogP contribution in [0.1, 0.15) is 0 Å². The monoisotopic (exact) mass is 712 g/mol. The van der Waals surface area contributed by atoms with Crippen molar-refractivity contribution in [1.29, 1.82) is 0 Å². The van der Waals surface area contributed by atoms with Crippen LogP contribution in [0, 0.1) is 0 Å². The minimum atomic E-state index is 0.803. The molecule has 0 N–H and O–H groups in total. The molecule has 12 aromatic rings. The minimum Gasteiger partial charge on any atom is -0.309 e. The van der Waals surface area contributed by atoms with E-state index in [-0.39, 0.29) is 0 Å². The summed E-state index contributed by atoms with van der Waals surface area (Å²) in [6, 6.07) is 69.5. The van der Waals surface area contributed by atoms with Gasteiger partial charge in [0.2, 0.25) is 0 Å². The average Bonchev–Trinajstić information content (AvgIpc) is 3.79. The van der Waals surface area contributed by atoms with Gasteiger partial charge in [0.05, 0.1) is 38.8 Å². The normalized spacial score (nSPS) is 11.9. The zero-order valence-corrected chi connectivity index (χ0v) is 30.3. The molecule has 0 atom stereocenters. The first-order valence-electron chi connectivity index (χ1n) is 19.1. The van der Waals surface area contributed by atoms with Crippen LogP contribution in [0.4, 0.5) is 0 Å². The van der Waals surface area contributed by atoms with Crippen molar-refractivity contribution in [3.05, 3.63) is 194 Å². The van der Waals surface area contributed by atoms with Crippen LogP contribution in [0.25, 0.3) is 110 Å². The average molecular weight is 713 g/mol. The summed E-state index contributed by atoms with van der Waals surface area (Å²) in [4.78, 5) is 11.1. The largest absolute Gasteiger partial charge is 0.309 e. The molecule has 0 aliphatic heterocycles. The van der Waals surface area contributed by atoms with Crippen molar-refractivity contribution in [2.45, 2.75) is 0 Å². The van der Waals surface area contributed by atoms with Gasteiger partial charge in [0.25, 0.3) is 0 Å². The van der Waals surface area contributed by atoms with Crippen molar-refractivity contribution >= 4 is 76.2 Å². The second-order valence-corrected chi connectivity index (χ2v) is 14.5. The van der Waals surface area contributed by atoms with Gasteiger partial charge >= 0.3 is 0 Å². The lowest BCUT2D eigenvalue weighted by atomic mass is 9.93. The highest BCUT2D eigenvalue weighted by Gasteiger charge is 2.25. The number of nitrogens with zero attached hydrogens (tertiary/aromatic N) is 4. The van der Waals surface area contributed by atoms with Crippen molar-refractivity contribution < 1.29 is 0 Å². The molecule has 0 saturated carbocycles. The summed E-state index contributed by atoms with van der Waals surface area (Å²) in [5.74, 6) is 0.803. The standard InChI is InChI=1S/C52H32N4/c1-2-15-33(16-3-1)35-31-32-41(38-20-7-6-19-37(35)38)50-52(54-44-24-11-10-23-43(44)53-50)56-48-28-14-27-47(49(48)42-30-29-34-17-4-5-18-36(34)51(42)56)55-45-25-12-8-21-39(45)40-22-9-13-26-46(40)55/h1-32H. The molecule has 0 fully saturated rings. The molecule has 4 nitrogen and oxygen atoms in total. The number of para-hydroxylation sites is 4. The molecule has 3 aromatic heterocycles. The third kappa shape index (κ3) is 4.41. The lowest BCUT2D eigenvalue weighted by molar-refractivity contribution is 1.08. The van der Waals surface area contributed by atoms with Crippen molar-refractivity contribution in [1.82, 2.24) is 19.1 Å². The van der Waals surface area contributed by atoms with E-state index in [1.54, 1.807) is 0 Å². The molecular formula is C52H32N4. The zero-order valence-electron chi connectivity index (χ0n) is 30.3. The Bertz CT molecular complexity index is 3480. The van der Waals surface area contributed by atoms with Gasteiger partial charge in [0.1, 0.15) is 5.69 Å². The zero-order chi connectivity index (χ0) is 36.7. The van der Waals surface area contributed by atoms with Crippen LogP contribution < -0.4 is 0 Å². The Morgan fingerprint density at radius 1 is 0.339 bits per heavy atom. The van der Waals surface area contributed by atoms with E-state index in [4.69, 9.17) is 9.97 Å². The second-order valence-electron chi connectivity index (χ2n) is 14.5. The maximum absolute atomic E-state index is 5.57. The SMILES string of the molecule is c1ccc(-c2ccc(-c3nc4ccccc4nc3-n3c4cccc(-n5c6ccccc6c6ccccc65)c4c4ccc5ccccc5c43)c3ccccc23)cc1. The summed E-state index contributed by atoms with van der Waals surface area (Å²) in [5.41, 5.74) is 11.7. The maximum Gasteiger partial charge on any atom is 0.165 e. The molecule has 4 heteroatoms. The third-order valence-electron chi connectivity index (χ3n) is 11.5. The predicted octanol–water partition coefficient (Wildman–Crippen LogP) is 13.5. The Morgan fingerprint density at radius 2 is 0.911 bits per heavy atom. The first-order valence-corrected chi connectivity index (χ1v) is 19.1. The Kier molecular flexibility index (Phi) is 6.60. The topological polar surface area (TPSA) is 35.6 Å². The number of fused-ring (bicyclic) bond motifs is 10. The number of aromatic nitrogens is 4. The Labute approximate surface area is 322 Å². The summed E-state index contributed by atoms with van der Waals surface area (Å²) < 4.78 is 4.83. The van der Waals surface area contributed by atoms with Crippen LogP contribution in [0.15, 0.2) is 194 Å². The molecule has 9 aromatic carbocycles. The van der Waals surface area contributed by atoms with Crippen molar-refractivity contribution in [2.24, 2.45) is 0 Å². The lowest BCUT2D eigenvalue weighted by Crippen LogP contribution is -2.04. The molecule has 0 radical (unpaired) electrons. The molecule has 12 rings (SSSR count). The van der Waals surface area contributed by atoms with E-state index >= 15 is 0 Å². The van der Waals surface area contributed by atoms with Crippen LogP contribution >= 0.6 is 0 Å². The first-order chi connectivity index (χ1) is 27.8. The van der Waals surface area contributed by atoms with Crippen molar-refractivity contribution in [3.63, 3.8) is 0 Å². The van der Waals surface area contributed by atoms with Crippen LogP contribution in [0.5, 0.6) is 0 Å². The molecule has 0 bridgehead atoms. The van der Waals surface area contributed by atoms with Gasteiger partial charge in [-0.2, -0.15) is 0 Å².